The minimum atomic E-state index is -0.0900. The third kappa shape index (κ3) is 4.03. The van der Waals surface area contributed by atoms with Crippen molar-refractivity contribution in [3.05, 3.63) is 71.9 Å². The molecule has 1 aromatic heterocycles. The van der Waals surface area contributed by atoms with Crippen LogP contribution in [0.4, 0.5) is 0 Å². The van der Waals surface area contributed by atoms with Crippen LogP contribution in [0.5, 0.6) is 0 Å². The minimum absolute atomic E-state index is 0.0327. The number of piperazine rings is 1. The molecule has 2 aromatic carbocycles. The molecular weight excluding hydrogens is 366 g/mol. The molecular formula is C23H25N3O3. The summed E-state index contributed by atoms with van der Waals surface area (Å²) in [5, 5.41) is 0.919. The van der Waals surface area contributed by atoms with E-state index in [1.54, 1.807) is 16.9 Å². The van der Waals surface area contributed by atoms with Crippen LogP contribution in [-0.2, 0) is 16.1 Å². The predicted octanol–water partition coefficient (Wildman–Crippen LogP) is 2.62. The van der Waals surface area contributed by atoms with Crippen LogP contribution in [0.2, 0.25) is 0 Å². The van der Waals surface area contributed by atoms with Crippen molar-refractivity contribution in [3.63, 3.8) is 0 Å². The molecule has 2 heterocycles. The fourth-order valence-corrected chi connectivity index (χ4v) is 3.82. The molecule has 0 aliphatic carbocycles. The fourth-order valence-electron chi connectivity index (χ4n) is 3.82. The second-order valence-electron chi connectivity index (χ2n) is 7.27. The van der Waals surface area contributed by atoms with Crippen molar-refractivity contribution in [2.24, 2.45) is 0 Å². The average Bonchev–Trinajstić information content (AvgIpc) is 3.11. The third-order valence-corrected chi connectivity index (χ3v) is 5.39. The second-order valence-corrected chi connectivity index (χ2v) is 7.27. The number of methoxy groups -OCH3 is 1. The molecule has 29 heavy (non-hydrogen) atoms. The van der Waals surface area contributed by atoms with Gasteiger partial charge >= 0.3 is 0 Å². The van der Waals surface area contributed by atoms with Crippen LogP contribution in [0, 0.1) is 0 Å². The van der Waals surface area contributed by atoms with Gasteiger partial charge in [-0.25, -0.2) is 0 Å². The van der Waals surface area contributed by atoms with E-state index in [9.17, 15) is 9.59 Å². The van der Waals surface area contributed by atoms with Crippen molar-refractivity contribution >= 4 is 22.7 Å². The maximum Gasteiger partial charge on any atom is 0.256 e. The first-order chi connectivity index (χ1) is 14.2. The van der Waals surface area contributed by atoms with Gasteiger partial charge in [-0.15, -0.1) is 0 Å². The molecule has 0 atom stereocenters. The molecule has 0 N–H and O–H groups in total. The van der Waals surface area contributed by atoms with E-state index < -0.39 is 0 Å². The number of hydrogen-bond donors (Lipinski definition) is 0. The number of nitrogens with zero attached hydrogens (tertiary/aromatic N) is 3. The highest BCUT2D eigenvalue weighted by Crippen LogP contribution is 2.24. The van der Waals surface area contributed by atoms with Gasteiger partial charge in [-0.05, 0) is 11.6 Å². The highest BCUT2D eigenvalue weighted by atomic mass is 16.5. The van der Waals surface area contributed by atoms with Gasteiger partial charge in [0, 0.05) is 50.4 Å². The van der Waals surface area contributed by atoms with E-state index >= 15 is 0 Å². The summed E-state index contributed by atoms with van der Waals surface area (Å²) in [6, 6.07) is 18.1. The topological polar surface area (TPSA) is 54.8 Å². The fraction of sp³-hybridized carbons (Fsp3) is 0.304. The van der Waals surface area contributed by atoms with E-state index in [2.05, 4.69) is 16.7 Å². The van der Waals surface area contributed by atoms with E-state index in [4.69, 9.17) is 4.74 Å². The van der Waals surface area contributed by atoms with E-state index in [0.717, 1.165) is 10.9 Å². The Morgan fingerprint density at radius 1 is 1.03 bits per heavy atom. The Balaban J connectivity index is 1.58. The maximum absolute atomic E-state index is 13.3. The summed E-state index contributed by atoms with van der Waals surface area (Å²) in [5.41, 5.74) is 2.84. The van der Waals surface area contributed by atoms with Gasteiger partial charge in [-0.1, -0.05) is 48.5 Å². The maximum atomic E-state index is 13.3. The molecule has 1 aliphatic heterocycles. The summed E-state index contributed by atoms with van der Waals surface area (Å²) in [5.74, 6) is -0.123. The number of benzene rings is 2. The van der Waals surface area contributed by atoms with Crippen molar-refractivity contribution < 1.29 is 14.3 Å². The van der Waals surface area contributed by atoms with Crippen LogP contribution >= 0.6 is 0 Å². The Morgan fingerprint density at radius 3 is 2.55 bits per heavy atom. The summed E-state index contributed by atoms with van der Waals surface area (Å²) in [6.45, 7) is 2.95. The van der Waals surface area contributed by atoms with Gasteiger partial charge in [-0.3, -0.25) is 9.59 Å². The average molecular weight is 391 g/mol. The largest absolute Gasteiger partial charge is 0.383 e. The number of carbonyl (C=O) groups excluding carboxylic acids is 2. The summed E-state index contributed by atoms with van der Waals surface area (Å²) in [6.07, 6.45) is 1.92. The monoisotopic (exact) mass is 391 g/mol. The summed E-state index contributed by atoms with van der Waals surface area (Å²) in [4.78, 5) is 29.1. The number of amides is 2. The van der Waals surface area contributed by atoms with Crippen LogP contribution in [0.15, 0.2) is 60.8 Å². The lowest BCUT2D eigenvalue weighted by Crippen LogP contribution is -2.52. The van der Waals surface area contributed by atoms with Crippen molar-refractivity contribution in [1.29, 1.82) is 0 Å². The number of aromatic nitrogens is 1. The van der Waals surface area contributed by atoms with Crippen LogP contribution in [0.25, 0.3) is 10.9 Å². The van der Waals surface area contributed by atoms with E-state index in [-0.39, 0.29) is 18.4 Å². The Hall–Kier alpha value is -3.12. The first-order valence-electron chi connectivity index (χ1n) is 9.85. The van der Waals surface area contributed by atoms with Gasteiger partial charge in [-0.2, -0.15) is 0 Å². The van der Waals surface area contributed by atoms with Gasteiger partial charge in [0.05, 0.1) is 12.2 Å². The highest BCUT2D eigenvalue weighted by Gasteiger charge is 2.29. The second kappa shape index (κ2) is 8.49. The van der Waals surface area contributed by atoms with Crippen molar-refractivity contribution in [2.75, 3.05) is 39.9 Å². The zero-order valence-electron chi connectivity index (χ0n) is 16.6. The molecule has 6 nitrogen and oxygen atoms in total. The molecule has 0 spiro atoms. The van der Waals surface area contributed by atoms with Gasteiger partial charge in [0.1, 0.15) is 6.54 Å². The Labute approximate surface area is 170 Å². The summed E-state index contributed by atoms with van der Waals surface area (Å²) < 4.78 is 7.16. The van der Waals surface area contributed by atoms with E-state index in [0.29, 0.717) is 38.3 Å². The Bertz CT molecular complexity index is 1010. The predicted molar refractivity (Wildman–Crippen MR) is 112 cm³/mol. The van der Waals surface area contributed by atoms with Crippen LogP contribution in [0.1, 0.15) is 15.9 Å². The molecule has 150 valence electrons. The minimum Gasteiger partial charge on any atom is -0.383 e. The first kappa shape index (κ1) is 19.2. The molecule has 1 saturated heterocycles. The van der Waals surface area contributed by atoms with Gasteiger partial charge in [0.15, 0.2) is 0 Å². The summed E-state index contributed by atoms with van der Waals surface area (Å²) >= 11 is 0. The lowest BCUT2D eigenvalue weighted by Gasteiger charge is -2.34. The lowest BCUT2D eigenvalue weighted by molar-refractivity contribution is -0.135. The van der Waals surface area contributed by atoms with E-state index in [1.165, 1.54) is 5.56 Å². The zero-order chi connectivity index (χ0) is 20.2. The first-order valence-corrected chi connectivity index (χ1v) is 9.85. The van der Waals surface area contributed by atoms with Gasteiger partial charge < -0.3 is 19.1 Å². The molecule has 4 rings (SSSR count). The number of rotatable bonds is 6. The zero-order valence-corrected chi connectivity index (χ0v) is 16.6. The van der Waals surface area contributed by atoms with Gasteiger partial charge in [0.25, 0.3) is 5.91 Å². The van der Waals surface area contributed by atoms with E-state index in [1.807, 2.05) is 48.7 Å². The van der Waals surface area contributed by atoms with Crippen molar-refractivity contribution in [1.82, 2.24) is 14.4 Å². The Kier molecular flexibility index (Phi) is 5.62. The molecule has 0 unspecified atom stereocenters. The Morgan fingerprint density at radius 2 is 1.79 bits per heavy atom. The highest BCUT2D eigenvalue weighted by molar-refractivity contribution is 6.08. The molecule has 3 aromatic rings. The van der Waals surface area contributed by atoms with Crippen LogP contribution in [0.3, 0.4) is 0 Å². The molecule has 0 bridgehead atoms. The normalized spacial score (nSPS) is 14.6. The number of carbonyl (C=O) groups is 2. The van der Waals surface area contributed by atoms with Crippen LogP contribution < -0.4 is 0 Å². The molecule has 0 radical (unpaired) electrons. The number of hydrogen-bond acceptors (Lipinski definition) is 3. The lowest BCUT2D eigenvalue weighted by atomic mass is 10.1. The van der Waals surface area contributed by atoms with Gasteiger partial charge in [0.2, 0.25) is 5.91 Å². The van der Waals surface area contributed by atoms with Crippen LogP contribution in [-0.4, -0.2) is 66.1 Å². The quantitative estimate of drug-likeness (QED) is 0.649. The molecule has 1 fully saturated rings. The molecule has 1 aliphatic rings. The molecule has 6 heteroatoms. The van der Waals surface area contributed by atoms with Crippen molar-refractivity contribution in [3.8, 4) is 0 Å². The summed E-state index contributed by atoms with van der Waals surface area (Å²) in [7, 11) is 1.62. The number of ether oxygens (including phenoxy) is 1. The third-order valence-electron chi connectivity index (χ3n) is 5.39. The SMILES string of the molecule is COCCN1CCN(C(=O)c2cn(Cc3ccccc3)c3ccccc23)CC1=O. The van der Waals surface area contributed by atoms with Crippen molar-refractivity contribution in [2.45, 2.75) is 6.54 Å². The smallest absolute Gasteiger partial charge is 0.256 e. The number of para-hydroxylation sites is 1. The molecule has 2 amide bonds. The standard InChI is InChI=1S/C23H25N3O3/c1-29-14-13-24-11-12-25(17-22(24)27)23(28)20-16-26(15-18-7-3-2-4-8-18)21-10-6-5-9-19(20)21/h2-10,16H,11-15,17H2,1H3. The molecule has 0 saturated carbocycles. The number of fused-ring (bicyclic) bond motifs is 1.